The molecule has 0 aliphatic heterocycles. The molecular weight excluding hydrogens is 406 g/mol. The minimum atomic E-state index is -0.0609. The first kappa shape index (κ1) is 21.8. The minimum Gasteiger partial charge on any atom is -0.491 e. The van der Waals surface area contributed by atoms with Gasteiger partial charge in [-0.3, -0.25) is 14.8 Å². The van der Waals surface area contributed by atoms with Crippen molar-refractivity contribution in [1.29, 1.82) is 0 Å². The Morgan fingerprint density at radius 1 is 1.19 bits per heavy atom. The van der Waals surface area contributed by atoms with E-state index in [1.807, 2.05) is 31.0 Å². The quantitative estimate of drug-likeness (QED) is 0.549. The molecule has 1 N–H and O–H groups in total. The average Bonchev–Trinajstić information content (AvgIpc) is 3.27. The summed E-state index contributed by atoms with van der Waals surface area (Å²) in [5.74, 6) is 1.99. The van der Waals surface area contributed by atoms with Gasteiger partial charge in [-0.25, -0.2) is 9.97 Å². The second kappa shape index (κ2) is 9.82. The SMILES string of the molecule is Cc1ccc(CC(=O)CN(C)c2nc(-c3cc(OCCO)ccn3)nc3c2CCC3)cn1. The van der Waals surface area contributed by atoms with E-state index in [1.165, 1.54) is 0 Å². The highest BCUT2D eigenvalue weighted by molar-refractivity contribution is 5.85. The van der Waals surface area contributed by atoms with Crippen LogP contribution in [0.3, 0.4) is 0 Å². The van der Waals surface area contributed by atoms with Crippen molar-refractivity contribution >= 4 is 11.6 Å². The molecular formula is C24H27N5O3. The predicted octanol–water partition coefficient (Wildman–Crippen LogP) is 2.35. The Labute approximate surface area is 187 Å². The minimum absolute atomic E-state index is 0.0609. The molecule has 0 fully saturated rings. The molecule has 3 aromatic heterocycles. The first-order valence-corrected chi connectivity index (χ1v) is 10.8. The summed E-state index contributed by atoms with van der Waals surface area (Å²) in [4.78, 5) is 32.8. The Kier molecular flexibility index (Phi) is 6.70. The zero-order valence-electron chi connectivity index (χ0n) is 18.4. The summed E-state index contributed by atoms with van der Waals surface area (Å²) in [5, 5.41) is 8.99. The van der Waals surface area contributed by atoms with Crippen LogP contribution in [0.1, 0.15) is 28.9 Å². The Morgan fingerprint density at radius 3 is 2.84 bits per heavy atom. The monoisotopic (exact) mass is 433 g/mol. The number of anilines is 1. The number of nitrogens with zero attached hydrogens (tertiary/aromatic N) is 5. The highest BCUT2D eigenvalue weighted by atomic mass is 16.5. The number of fused-ring (bicyclic) bond motifs is 1. The molecule has 0 aromatic carbocycles. The van der Waals surface area contributed by atoms with Gasteiger partial charge >= 0.3 is 0 Å². The van der Waals surface area contributed by atoms with Crippen molar-refractivity contribution in [2.24, 2.45) is 0 Å². The van der Waals surface area contributed by atoms with Gasteiger partial charge in [-0.1, -0.05) is 6.07 Å². The number of ketones is 1. The van der Waals surface area contributed by atoms with Crippen molar-refractivity contribution in [3.63, 3.8) is 0 Å². The summed E-state index contributed by atoms with van der Waals surface area (Å²) in [6.07, 6.45) is 6.54. The fourth-order valence-electron chi connectivity index (χ4n) is 3.86. The zero-order valence-corrected chi connectivity index (χ0v) is 18.4. The van der Waals surface area contributed by atoms with Crippen molar-refractivity contribution in [3.8, 4) is 17.3 Å². The third-order valence-corrected chi connectivity index (χ3v) is 5.38. The Balaban J connectivity index is 1.56. The molecule has 32 heavy (non-hydrogen) atoms. The van der Waals surface area contributed by atoms with Crippen molar-refractivity contribution in [1.82, 2.24) is 19.9 Å². The van der Waals surface area contributed by atoms with Gasteiger partial charge in [0.2, 0.25) is 0 Å². The summed E-state index contributed by atoms with van der Waals surface area (Å²) in [5.41, 5.74) is 4.56. The lowest BCUT2D eigenvalue weighted by atomic mass is 10.1. The van der Waals surface area contributed by atoms with Crippen molar-refractivity contribution in [2.75, 3.05) is 31.7 Å². The molecule has 0 spiro atoms. The van der Waals surface area contributed by atoms with Gasteiger partial charge in [0.1, 0.15) is 23.9 Å². The fraction of sp³-hybridized carbons (Fsp3) is 0.375. The topological polar surface area (TPSA) is 101 Å². The lowest BCUT2D eigenvalue weighted by Crippen LogP contribution is -2.28. The number of likely N-dealkylation sites (N-methyl/N-ethyl adjacent to an activating group) is 1. The highest BCUT2D eigenvalue weighted by Gasteiger charge is 2.23. The smallest absolute Gasteiger partial charge is 0.180 e. The Hall–Kier alpha value is -3.39. The lowest BCUT2D eigenvalue weighted by molar-refractivity contribution is -0.117. The number of rotatable bonds is 9. The lowest BCUT2D eigenvalue weighted by Gasteiger charge is -2.21. The molecule has 0 saturated heterocycles. The fourth-order valence-corrected chi connectivity index (χ4v) is 3.86. The number of aliphatic hydroxyl groups is 1. The normalized spacial score (nSPS) is 12.5. The van der Waals surface area contributed by atoms with Crippen LogP contribution in [0.2, 0.25) is 0 Å². The van der Waals surface area contributed by atoms with Gasteiger partial charge in [0, 0.05) is 48.9 Å². The van der Waals surface area contributed by atoms with Gasteiger partial charge in [-0.05, 0) is 43.9 Å². The number of carbonyl (C=O) groups excluding carboxylic acids is 1. The van der Waals surface area contributed by atoms with Crippen LogP contribution in [0.15, 0.2) is 36.7 Å². The van der Waals surface area contributed by atoms with E-state index in [0.717, 1.165) is 47.6 Å². The molecule has 1 aliphatic carbocycles. The molecule has 3 heterocycles. The average molecular weight is 434 g/mol. The summed E-state index contributed by atoms with van der Waals surface area (Å²) in [7, 11) is 1.89. The molecule has 8 nitrogen and oxygen atoms in total. The number of aryl methyl sites for hydroxylation is 2. The summed E-state index contributed by atoms with van der Waals surface area (Å²) in [6.45, 7) is 2.33. The van der Waals surface area contributed by atoms with Crippen molar-refractivity contribution in [3.05, 3.63) is 59.2 Å². The molecule has 0 radical (unpaired) electrons. The second-order valence-electron chi connectivity index (χ2n) is 7.98. The van der Waals surface area contributed by atoms with E-state index in [-0.39, 0.29) is 25.5 Å². The van der Waals surface area contributed by atoms with E-state index in [1.54, 1.807) is 24.5 Å². The van der Waals surface area contributed by atoms with Gasteiger partial charge < -0.3 is 14.7 Å². The van der Waals surface area contributed by atoms with Crippen LogP contribution >= 0.6 is 0 Å². The Bertz CT molecular complexity index is 1100. The van der Waals surface area contributed by atoms with E-state index in [0.29, 0.717) is 23.7 Å². The summed E-state index contributed by atoms with van der Waals surface area (Å²) in [6, 6.07) is 7.36. The Morgan fingerprint density at radius 2 is 2.06 bits per heavy atom. The summed E-state index contributed by atoms with van der Waals surface area (Å²) >= 11 is 0. The molecule has 4 rings (SSSR count). The number of pyridine rings is 2. The third-order valence-electron chi connectivity index (χ3n) is 5.38. The number of hydrogen-bond acceptors (Lipinski definition) is 8. The van der Waals surface area contributed by atoms with Crippen LogP contribution in [-0.2, 0) is 24.1 Å². The van der Waals surface area contributed by atoms with Gasteiger partial charge in [0.05, 0.1) is 13.2 Å². The van der Waals surface area contributed by atoms with Crippen LogP contribution in [-0.4, -0.2) is 57.6 Å². The van der Waals surface area contributed by atoms with E-state index in [2.05, 4.69) is 9.97 Å². The molecule has 1 aliphatic rings. The van der Waals surface area contributed by atoms with E-state index >= 15 is 0 Å². The number of aliphatic hydroxyl groups excluding tert-OH is 1. The summed E-state index contributed by atoms with van der Waals surface area (Å²) < 4.78 is 5.50. The molecule has 0 bridgehead atoms. The van der Waals surface area contributed by atoms with Crippen molar-refractivity contribution < 1.29 is 14.6 Å². The standard InChI is InChI=1S/C24H27N5O3/c1-16-6-7-17(14-26-16)12-18(31)15-29(2)24-20-4-3-5-21(20)27-23(28-24)22-13-19(8-9-25-22)32-11-10-30/h6-9,13-14,30H,3-5,10-12,15H2,1-2H3. The zero-order chi connectivity index (χ0) is 22.5. The predicted molar refractivity (Wildman–Crippen MR) is 121 cm³/mol. The van der Waals surface area contributed by atoms with Crippen LogP contribution in [0.5, 0.6) is 5.75 Å². The van der Waals surface area contributed by atoms with Crippen LogP contribution in [0.25, 0.3) is 11.5 Å². The number of ether oxygens (including phenoxy) is 1. The largest absolute Gasteiger partial charge is 0.491 e. The molecule has 3 aromatic rings. The molecule has 0 unspecified atom stereocenters. The van der Waals surface area contributed by atoms with Gasteiger partial charge in [-0.2, -0.15) is 0 Å². The first-order chi connectivity index (χ1) is 15.5. The maximum atomic E-state index is 12.7. The van der Waals surface area contributed by atoms with Gasteiger partial charge in [0.25, 0.3) is 0 Å². The molecule has 0 amide bonds. The van der Waals surface area contributed by atoms with E-state index < -0.39 is 0 Å². The number of hydrogen-bond donors (Lipinski definition) is 1. The number of carbonyl (C=O) groups is 1. The molecule has 0 atom stereocenters. The molecule has 0 saturated carbocycles. The van der Waals surface area contributed by atoms with Gasteiger partial charge in [0.15, 0.2) is 11.6 Å². The maximum Gasteiger partial charge on any atom is 0.180 e. The maximum absolute atomic E-state index is 12.7. The van der Waals surface area contributed by atoms with E-state index in [4.69, 9.17) is 19.8 Å². The van der Waals surface area contributed by atoms with Crippen LogP contribution in [0.4, 0.5) is 5.82 Å². The third kappa shape index (κ3) is 5.08. The first-order valence-electron chi connectivity index (χ1n) is 10.8. The number of aromatic nitrogens is 4. The molecule has 8 heteroatoms. The van der Waals surface area contributed by atoms with E-state index in [9.17, 15) is 4.79 Å². The van der Waals surface area contributed by atoms with Gasteiger partial charge in [-0.15, -0.1) is 0 Å². The van der Waals surface area contributed by atoms with Crippen LogP contribution < -0.4 is 9.64 Å². The van der Waals surface area contributed by atoms with Crippen LogP contribution in [0, 0.1) is 6.92 Å². The number of Topliss-reactive ketones (excluding diaryl/α,β-unsaturated/α-hetero) is 1. The molecule has 166 valence electrons. The van der Waals surface area contributed by atoms with Crippen molar-refractivity contribution in [2.45, 2.75) is 32.6 Å². The highest BCUT2D eigenvalue weighted by Crippen LogP contribution is 2.31. The second-order valence-corrected chi connectivity index (χ2v) is 7.98.